The molecule has 0 amide bonds. The number of hydrogen-bond acceptors (Lipinski definition) is 3. The van der Waals surface area contributed by atoms with Gasteiger partial charge in [-0.25, -0.2) is 23.1 Å². The molecular formula is C20H12F3N3. The zero-order valence-electron chi connectivity index (χ0n) is 13.4. The van der Waals surface area contributed by atoms with Crippen molar-refractivity contribution in [1.29, 1.82) is 0 Å². The quantitative estimate of drug-likeness (QED) is 0.533. The summed E-state index contributed by atoms with van der Waals surface area (Å²) in [4.78, 5) is 8.77. The lowest BCUT2D eigenvalue weighted by Gasteiger charge is -2.12. The number of aromatic nitrogens is 2. The number of hydrogen-bond donors (Lipinski definition) is 1. The SMILES string of the molecule is Fc1ccc(Nc2nc(-c3ccccc3F)nc3ccccc23)c(F)c1. The van der Waals surface area contributed by atoms with Crippen molar-refractivity contribution in [1.82, 2.24) is 9.97 Å². The van der Waals surface area contributed by atoms with Crippen molar-refractivity contribution in [3.63, 3.8) is 0 Å². The Morgan fingerprint density at radius 3 is 2.31 bits per heavy atom. The van der Waals surface area contributed by atoms with Crippen LogP contribution in [0.1, 0.15) is 0 Å². The van der Waals surface area contributed by atoms with Crippen LogP contribution in [0.15, 0.2) is 66.7 Å². The average molecular weight is 351 g/mol. The summed E-state index contributed by atoms with van der Waals surface area (Å²) >= 11 is 0. The molecule has 4 rings (SSSR count). The highest BCUT2D eigenvalue weighted by Crippen LogP contribution is 2.29. The zero-order chi connectivity index (χ0) is 18.1. The molecule has 4 aromatic rings. The van der Waals surface area contributed by atoms with Gasteiger partial charge in [-0.1, -0.05) is 24.3 Å². The number of benzene rings is 3. The van der Waals surface area contributed by atoms with Gasteiger partial charge in [-0.2, -0.15) is 0 Å². The Kier molecular flexibility index (Phi) is 4.01. The Balaban J connectivity index is 1.89. The van der Waals surface area contributed by atoms with Crippen LogP contribution in [0.5, 0.6) is 0 Å². The summed E-state index contributed by atoms with van der Waals surface area (Å²) < 4.78 is 41.3. The topological polar surface area (TPSA) is 37.8 Å². The first-order valence-electron chi connectivity index (χ1n) is 7.85. The van der Waals surface area contributed by atoms with Crippen LogP contribution in [0.3, 0.4) is 0 Å². The fourth-order valence-corrected chi connectivity index (χ4v) is 2.65. The van der Waals surface area contributed by atoms with Crippen molar-refractivity contribution in [2.24, 2.45) is 0 Å². The first kappa shape index (κ1) is 16.1. The molecule has 128 valence electrons. The van der Waals surface area contributed by atoms with Gasteiger partial charge in [0.25, 0.3) is 0 Å². The second-order valence-electron chi connectivity index (χ2n) is 5.64. The van der Waals surface area contributed by atoms with E-state index in [2.05, 4.69) is 15.3 Å². The van der Waals surface area contributed by atoms with E-state index in [9.17, 15) is 13.2 Å². The molecule has 0 fully saturated rings. The Bertz CT molecular complexity index is 1110. The van der Waals surface area contributed by atoms with Gasteiger partial charge in [0.05, 0.1) is 16.8 Å². The second-order valence-corrected chi connectivity index (χ2v) is 5.64. The molecule has 3 aromatic carbocycles. The van der Waals surface area contributed by atoms with E-state index in [0.29, 0.717) is 16.7 Å². The highest BCUT2D eigenvalue weighted by molar-refractivity contribution is 5.92. The van der Waals surface area contributed by atoms with Crippen molar-refractivity contribution >= 4 is 22.4 Å². The van der Waals surface area contributed by atoms with Crippen LogP contribution in [0.4, 0.5) is 24.7 Å². The van der Waals surface area contributed by atoms with Crippen molar-refractivity contribution in [3.8, 4) is 11.4 Å². The summed E-state index contributed by atoms with van der Waals surface area (Å²) in [5.74, 6) is -1.40. The van der Waals surface area contributed by atoms with Gasteiger partial charge in [0.1, 0.15) is 23.3 Å². The van der Waals surface area contributed by atoms with Crippen molar-refractivity contribution in [2.45, 2.75) is 0 Å². The predicted molar refractivity (Wildman–Crippen MR) is 94.6 cm³/mol. The third-order valence-corrected chi connectivity index (χ3v) is 3.90. The lowest BCUT2D eigenvalue weighted by Crippen LogP contribution is -2.01. The van der Waals surface area contributed by atoms with E-state index in [1.165, 1.54) is 12.1 Å². The summed E-state index contributed by atoms with van der Waals surface area (Å²) in [6.45, 7) is 0. The highest BCUT2D eigenvalue weighted by Gasteiger charge is 2.13. The molecule has 1 N–H and O–H groups in total. The van der Waals surface area contributed by atoms with E-state index in [-0.39, 0.29) is 17.1 Å². The molecule has 0 saturated heterocycles. The third-order valence-electron chi connectivity index (χ3n) is 3.90. The molecule has 0 unspecified atom stereocenters. The number of fused-ring (bicyclic) bond motifs is 1. The minimum atomic E-state index is -0.750. The van der Waals surface area contributed by atoms with Gasteiger partial charge in [0, 0.05) is 11.5 Å². The molecular weight excluding hydrogens is 339 g/mol. The monoisotopic (exact) mass is 351 g/mol. The first-order valence-corrected chi connectivity index (χ1v) is 7.85. The van der Waals surface area contributed by atoms with Crippen molar-refractivity contribution in [3.05, 3.63) is 84.2 Å². The van der Waals surface area contributed by atoms with E-state index in [1.54, 1.807) is 42.5 Å². The van der Waals surface area contributed by atoms with Crippen LogP contribution < -0.4 is 5.32 Å². The van der Waals surface area contributed by atoms with Crippen LogP contribution in [-0.4, -0.2) is 9.97 Å². The fraction of sp³-hybridized carbons (Fsp3) is 0. The van der Waals surface area contributed by atoms with Crippen LogP contribution in [0, 0.1) is 17.5 Å². The Hall–Kier alpha value is -3.41. The average Bonchev–Trinajstić information content (AvgIpc) is 2.64. The summed E-state index contributed by atoms with van der Waals surface area (Å²) in [5, 5.41) is 3.49. The molecule has 0 radical (unpaired) electrons. The molecule has 0 saturated carbocycles. The van der Waals surface area contributed by atoms with E-state index < -0.39 is 17.5 Å². The maximum absolute atomic E-state index is 14.1. The van der Waals surface area contributed by atoms with E-state index in [0.717, 1.165) is 12.1 Å². The number of anilines is 2. The molecule has 0 bridgehead atoms. The van der Waals surface area contributed by atoms with E-state index in [1.807, 2.05) is 0 Å². The first-order chi connectivity index (χ1) is 12.6. The van der Waals surface area contributed by atoms with Crippen molar-refractivity contribution < 1.29 is 13.2 Å². The molecule has 1 heterocycles. The molecule has 0 aliphatic rings. The summed E-state index contributed by atoms with van der Waals surface area (Å²) in [5.41, 5.74) is 0.876. The molecule has 0 aliphatic heterocycles. The molecule has 0 aliphatic carbocycles. The molecule has 6 heteroatoms. The number of halogens is 3. The molecule has 1 aromatic heterocycles. The number of nitrogens with zero attached hydrogens (tertiary/aromatic N) is 2. The van der Waals surface area contributed by atoms with Gasteiger partial charge in [0.2, 0.25) is 0 Å². The zero-order valence-corrected chi connectivity index (χ0v) is 13.4. The van der Waals surface area contributed by atoms with Crippen LogP contribution in [0.2, 0.25) is 0 Å². The standard InChI is InChI=1S/C20H12F3N3/c21-12-9-10-18(16(23)11-12)25-20-14-6-2-4-8-17(14)24-19(26-20)13-5-1-3-7-15(13)22/h1-11H,(H,24,25,26). The number of rotatable bonds is 3. The van der Waals surface area contributed by atoms with Crippen LogP contribution in [-0.2, 0) is 0 Å². The number of nitrogens with one attached hydrogen (secondary N) is 1. The summed E-state index contributed by atoms with van der Waals surface area (Å²) in [6, 6.07) is 16.5. The molecule has 0 spiro atoms. The summed E-state index contributed by atoms with van der Waals surface area (Å²) in [6.07, 6.45) is 0. The smallest absolute Gasteiger partial charge is 0.165 e. The number of para-hydroxylation sites is 1. The Morgan fingerprint density at radius 1 is 0.731 bits per heavy atom. The van der Waals surface area contributed by atoms with Gasteiger partial charge in [-0.05, 0) is 36.4 Å². The highest BCUT2D eigenvalue weighted by atomic mass is 19.1. The van der Waals surface area contributed by atoms with Gasteiger partial charge < -0.3 is 5.32 Å². The third kappa shape index (κ3) is 2.97. The molecule has 26 heavy (non-hydrogen) atoms. The lowest BCUT2D eigenvalue weighted by molar-refractivity contribution is 0.586. The van der Waals surface area contributed by atoms with Crippen molar-refractivity contribution in [2.75, 3.05) is 5.32 Å². The van der Waals surface area contributed by atoms with Gasteiger partial charge in [-0.15, -0.1) is 0 Å². The predicted octanol–water partition coefficient (Wildman–Crippen LogP) is 5.46. The van der Waals surface area contributed by atoms with E-state index in [4.69, 9.17) is 0 Å². The van der Waals surface area contributed by atoms with E-state index >= 15 is 0 Å². The normalized spacial score (nSPS) is 10.9. The van der Waals surface area contributed by atoms with Crippen LogP contribution in [0.25, 0.3) is 22.3 Å². The molecule has 0 atom stereocenters. The molecule has 3 nitrogen and oxygen atoms in total. The van der Waals surface area contributed by atoms with Gasteiger partial charge in [-0.3, -0.25) is 0 Å². The summed E-state index contributed by atoms with van der Waals surface area (Å²) in [7, 11) is 0. The van der Waals surface area contributed by atoms with Crippen LogP contribution >= 0.6 is 0 Å². The largest absolute Gasteiger partial charge is 0.337 e. The fourth-order valence-electron chi connectivity index (χ4n) is 2.65. The Labute approximate surface area is 147 Å². The Morgan fingerprint density at radius 2 is 1.50 bits per heavy atom. The van der Waals surface area contributed by atoms with Gasteiger partial charge >= 0.3 is 0 Å². The lowest BCUT2D eigenvalue weighted by atomic mass is 10.1. The second kappa shape index (κ2) is 6.48. The minimum absolute atomic E-state index is 0.0646. The maximum Gasteiger partial charge on any atom is 0.165 e. The minimum Gasteiger partial charge on any atom is -0.337 e. The van der Waals surface area contributed by atoms with Gasteiger partial charge in [0.15, 0.2) is 5.82 Å². The maximum atomic E-state index is 14.1.